The Labute approximate surface area is 322 Å². The number of nitrogens with zero attached hydrogens (tertiary/aromatic N) is 2. The third kappa shape index (κ3) is 8.24. The van der Waals surface area contributed by atoms with Gasteiger partial charge in [0.1, 0.15) is 41.3 Å². The number of hydrogen-bond acceptors (Lipinski definition) is 9. The Bertz CT molecular complexity index is 2000. The van der Waals surface area contributed by atoms with Crippen molar-refractivity contribution in [2.45, 2.75) is 131 Å². The molecule has 55 heavy (non-hydrogen) atoms. The molecule has 0 radical (unpaired) electrons. The van der Waals surface area contributed by atoms with Crippen molar-refractivity contribution in [3.8, 4) is 5.75 Å². The van der Waals surface area contributed by atoms with E-state index in [1.165, 1.54) is 4.90 Å². The number of para-hydroxylation sites is 1. The van der Waals surface area contributed by atoms with Crippen LogP contribution in [0.25, 0.3) is 17.0 Å². The van der Waals surface area contributed by atoms with Crippen LogP contribution in [-0.2, 0) is 29.1 Å². The molecule has 14 heteroatoms. The number of hydrogen-bond donors (Lipinski definition) is 3. The quantitative estimate of drug-likeness (QED) is 0.361. The Hall–Kier alpha value is -4.46. The summed E-state index contributed by atoms with van der Waals surface area (Å²) in [4.78, 5) is 62.8. The van der Waals surface area contributed by atoms with Crippen LogP contribution in [0.2, 0.25) is 0 Å². The minimum atomic E-state index is -3.88. The number of nitrogens with one attached hydrogen (secondary N) is 3. The fraction of sp³-hybridized carbons (Fsp3) is 0.585. The zero-order valence-corrected chi connectivity index (χ0v) is 31.9. The van der Waals surface area contributed by atoms with Gasteiger partial charge in [-0.2, -0.15) is 0 Å². The Balaban J connectivity index is 1.14. The normalized spacial score (nSPS) is 33.1. The lowest BCUT2D eigenvalue weighted by Crippen LogP contribution is -2.58. The molecule has 13 nitrogen and oxygen atoms in total. The summed E-state index contributed by atoms with van der Waals surface area (Å²) in [7, 11) is -3.88. The van der Waals surface area contributed by atoms with Gasteiger partial charge in [-0.05, 0) is 101 Å². The molecule has 8 rings (SSSR count). The average Bonchev–Trinajstić information content (AvgIpc) is 4.05. The van der Waals surface area contributed by atoms with Gasteiger partial charge in [0.05, 0.1) is 17.3 Å². The summed E-state index contributed by atoms with van der Waals surface area (Å²) in [6, 6.07) is 7.69. The molecule has 3 N–H and O–H groups in total. The van der Waals surface area contributed by atoms with Gasteiger partial charge in [0.2, 0.25) is 21.8 Å². The Morgan fingerprint density at radius 2 is 1.75 bits per heavy atom. The number of sulfonamides is 1. The molecule has 6 aliphatic rings. The number of carbonyl (C=O) groups is 4. The van der Waals surface area contributed by atoms with Crippen molar-refractivity contribution in [3.05, 3.63) is 54.3 Å². The molecule has 1 aromatic carbocycles. The van der Waals surface area contributed by atoms with Crippen LogP contribution in [0.15, 0.2) is 48.6 Å². The number of allylic oxidation sites excluding steroid dienone is 2. The van der Waals surface area contributed by atoms with Crippen molar-refractivity contribution in [2.75, 3.05) is 6.54 Å². The average molecular weight is 774 g/mol. The van der Waals surface area contributed by atoms with E-state index in [2.05, 4.69) is 21.4 Å². The summed E-state index contributed by atoms with van der Waals surface area (Å²) in [5, 5.41) is 6.09. The zero-order valence-electron chi connectivity index (χ0n) is 31.1. The molecule has 0 unspecified atom stereocenters. The number of rotatable bonds is 3. The molecule has 294 valence electrons. The first kappa shape index (κ1) is 37.5. The molecular formula is C41H51N5O8S. The molecule has 1 saturated heterocycles. The van der Waals surface area contributed by atoms with Crippen LogP contribution in [0, 0.1) is 11.8 Å². The number of ether oxygens (including phenoxy) is 2. The first-order valence-corrected chi connectivity index (χ1v) is 21.7. The summed E-state index contributed by atoms with van der Waals surface area (Å²) in [6.45, 7) is 0.0451. The van der Waals surface area contributed by atoms with Crippen LogP contribution in [0.1, 0.15) is 102 Å². The van der Waals surface area contributed by atoms with Crippen LogP contribution in [0.5, 0.6) is 5.75 Å². The van der Waals surface area contributed by atoms with E-state index < -0.39 is 68.7 Å². The minimum absolute atomic E-state index is 0.0451. The second kappa shape index (κ2) is 15.6. The maximum atomic E-state index is 14.7. The summed E-state index contributed by atoms with van der Waals surface area (Å²) < 4.78 is 40.6. The number of pyridine rings is 1. The summed E-state index contributed by atoms with van der Waals surface area (Å²) in [6.07, 6.45) is 16.4. The fourth-order valence-electron chi connectivity index (χ4n) is 8.85. The minimum Gasteiger partial charge on any atom is -0.486 e. The molecule has 7 atom stereocenters. The summed E-state index contributed by atoms with van der Waals surface area (Å²) in [5.41, 5.74) is -0.0164. The van der Waals surface area contributed by atoms with E-state index in [0.717, 1.165) is 62.3 Å². The number of fused-ring (bicyclic) bond motifs is 6. The maximum absolute atomic E-state index is 14.7. The van der Waals surface area contributed by atoms with Gasteiger partial charge in [0, 0.05) is 17.7 Å². The van der Waals surface area contributed by atoms with E-state index in [4.69, 9.17) is 14.5 Å². The maximum Gasteiger partial charge on any atom is 0.408 e. The predicted octanol–water partition coefficient (Wildman–Crippen LogP) is 5.05. The number of aromatic nitrogens is 1. The molecule has 4 heterocycles. The summed E-state index contributed by atoms with van der Waals surface area (Å²) in [5.74, 6) is -1.42. The first-order chi connectivity index (χ1) is 26.6. The smallest absolute Gasteiger partial charge is 0.408 e. The van der Waals surface area contributed by atoms with Crippen LogP contribution in [0.4, 0.5) is 4.79 Å². The second-order valence-electron chi connectivity index (χ2n) is 16.2. The highest BCUT2D eigenvalue weighted by molar-refractivity contribution is 7.91. The third-order valence-electron chi connectivity index (χ3n) is 12.2. The van der Waals surface area contributed by atoms with Crippen LogP contribution in [0.3, 0.4) is 0 Å². The van der Waals surface area contributed by atoms with E-state index in [9.17, 15) is 27.6 Å². The van der Waals surface area contributed by atoms with Gasteiger partial charge in [-0.1, -0.05) is 49.3 Å². The van der Waals surface area contributed by atoms with Crippen molar-refractivity contribution in [2.24, 2.45) is 11.8 Å². The van der Waals surface area contributed by atoms with Gasteiger partial charge in [0.25, 0.3) is 5.91 Å². The molecule has 4 amide bonds. The van der Waals surface area contributed by atoms with Crippen molar-refractivity contribution in [1.29, 1.82) is 0 Å². The van der Waals surface area contributed by atoms with Gasteiger partial charge in [-0.3, -0.25) is 19.1 Å². The highest BCUT2D eigenvalue weighted by atomic mass is 32.2. The largest absolute Gasteiger partial charge is 0.486 e. The third-order valence-corrected chi connectivity index (χ3v) is 14.0. The molecule has 1 aromatic heterocycles. The molecule has 4 fully saturated rings. The lowest BCUT2D eigenvalue weighted by atomic mass is 9.98. The lowest BCUT2D eigenvalue weighted by Gasteiger charge is -2.30. The van der Waals surface area contributed by atoms with E-state index in [-0.39, 0.29) is 31.4 Å². The second-order valence-corrected chi connectivity index (χ2v) is 18.2. The summed E-state index contributed by atoms with van der Waals surface area (Å²) >= 11 is 0. The van der Waals surface area contributed by atoms with Crippen molar-refractivity contribution < 1.29 is 37.1 Å². The van der Waals surface area contributed by atoms with Gasteiger partial charge in [-0.15, -0.1) is 0 Å². The molecule has 0 spiro atoms. The predicted molar refractivity (Wildman–Crippen MR) is 205 cm³/mol. The van der Waals surface area contributed by atoms with E-state index in [1.807, 2.05) is 48.6 Å². The van der Waals surface area contributed by atoms with Gasteiger partial charge >= 0.3 is 6.09 Å². The number of benzene rings is 1. The standard InChI is InChI=1S/C41H51N5O8S/c47-37-34-23-29-25-46(34)38(48)33(18-7-3-1-2-6-15-28-24-41(28,44-37)39(49)45-55(51,52)30-20-21-30)43-40(50)54-35-19-11-14-26(35)12-5-4-8-17-32-36(53-29)22-27-13-9-10-16-31(27)42-32/h6,8-10,13,15-17,22,26,28-30,33-35H,1-5,7,11-12,14,18-21,23-25H2,(H,43,50)(H,44,47)(H,45,49)/b15-6-,17-8+/t26-,28-,29-,33+,34+,35-,41-/m1/s1. The van der Waals surface area contributed by atoms with E-state index in [1.54, 1.807) is 0 Å². The molecule has 3 bridgehead atoms. The molecular weight excluding hydrogens is 723 g/mol. The van der Waals surface area contributed by atoms with E-state index in [0.29, 0.717) is 43.5 Å². The van der Waals surface area contributed by atoms with Crippen molar-refractivity contribution in [1.82, 2.24) is 25.2 Å². The van der Waals surface area contributed by atoms with Crippen LogP contribution < -0.4 is 20.1 Å². The van der Waals surface area contributed by atoms with Crippen LogP contribution in [-0.4, -0.2) is 83.7 Å². The number of amides is 4. The Morgan fingerprint density at radius 3 is 2.60 bits per heavy atom. The molecule has 3 aliphatic carbocycles. The number of carbonyl (C=O) groups excluding carboxylic acids is 4. The van der Waals surface area contributed by atoms with Gasteiger partial charge in [0.15, 0.2) is 0 Å². The highest BCUT2D eigenvalue weighted by Gasteiger charge is 2.62. The lowest BCUT2D eigenvalue weighted by molar-refractivity contribution is -0.141. The monoisotopic (exact) mass is 773 g/mol. The fourth-order valence-corrected chi connectivity index (χ4v) is 10.2. The Kier molecular flexibility index (Phi) is 10.6. The number of alkyl carbamates (subject to hydrolysis) is 1. The van der Waals surface area contributed by atoms with Gasteiger partial charge < -0.3 is 25.0 Å². The Morgan fingerprint density at radius 1 is 0.927 bits per heavy atom. The van der Waals surface area contributed by atoms with E-state index >= 15 is 0 Å². The SMILES string of the molecule is O=C1N[C@H]2CCCCC/C=C\[C@@H]3C[C@@]3(C(=O)NS(=O)(=O)C3CC3)NC(=O)[C@@H]3C[C@H](CN3C2=O)Oc2cc3ccccc3nc2/C=C/CCC[C@@H]2CCC[C@H]2O1. The van der Waals surface area contributed by atoms with Crippen molar-refractivity contribution in [3.63, 3.8) is 0 Å². The van der Waals surface area contributed by atoms with Crippen LogP contribution >= 0.6 is 0 Å². The molecule has 3 saturated carbocycles. The zero-order chi connectivity index (χ0) is 38.2. The van der Waals surface area contributed by atoms with Crippen molar-refractivity contribution >= 4 is 50.8 Å². The van der Waals surface area contributed by atoms with Gasteiger partial charge in [-0.25, -0.2) is 18.2 Å². The highest BCUT2D eigenvalue weighted by Crippen LogP contribution is 2.46. The molecule has 3 aliphatic heterocycles. The molecule has 2 aromatic rings. The topological polar surface area (TPSA) is 173 Å². The first-order valence-electron chi connectivity index (χ1n) is 20.1.